The van der Waals surface area contributed by atoms with Crippen molar-refractivity contribution < 1.29 is 28.0 Å². The van der Waals surface area contributed by atoms with E-state index >= 15 is 0 Å². The van der Waals surface area contributed by atoms with Crippen LogP contribution in [0.3, 0.4) is 0 Å². The van der Waals surface area contributed by atoms with Crippen LogP contribution >= 0.6 is 0 Å². The summed E-state index contributed by atoms with van der Waals surface area (Å²) in [5.41, 5.74) is -3.00. The summed E-state index contributed by atoms with van der Waals surface area (Å²) in [5, 5.41) is 18.7. The highest BCUT2D eigenvalue weighted by atomic mass is 19.4. The van der Waals surface area contributed by atoms with Gasteiger partial charge in [-0.2, -0.15) is 13.2 Å². The van der Waals surface area contributed by atoms with Gasteiger partial charge in [0, 0.05) is 6.07 Å². The molecule has 1 rings (SSSR count). The molecule has 92 valence electrons. The third-order valence-electron chi connectivity index (χ3n) is 1.79. The molecule has 0 bridgehead atoms. The Morgan fingerprint density at radius 3 is 2.53 bits per heavy atom. The van der Waals surface area contributed by atoms with Crippen molar-refractivity contribution in [3.8, 4) is 0 Å². The fourth-order valence-corrected chi connectivity index (χ4v) is 1.11. The summed E-state index contributed by atoms with van der Waals surface area (Å²) in [4.78, 5) is 22.8. The molecule has 1 aromatic rings. The van der Waals surface area contributed by atoms with Gasteiger partial charge in [0.15, 0.2) is 0 Å². The Morgan fingerprint density at radius 2 is 2.12 bits per heavy atom. The molecule has 6 nitrogen and oxygen atoms in total. The molecule has 17 heavy (non-hydrogen) atoms. The average Bonchev–Trinajstić information content (AvgIpc) is 2.15. The first-order valence-electron chi connectivity index (χ1n) is 4.14. The van der Waals surface area contributed by atoms with E-state index in [2.05, 4.69) is 4.98 Å². The highest BCUT2D eigenvalue weighted by Gasteiger charge is 2.36. The number of nitro groups is 1. The van der Waals surface area contributed by atoms with Gasteiger partial charge in [-0.3, -0.25) is 19.9 Å². The fraction of sp³-hybridized carbons (Fsp3) is 0.250. The van der Waals surface area contributed by atoms with Gasteiger partial charge >= 0.3 is 12.1 Å². The Bertz CT molecular complexity index is 472. The second-order valence-electron chi connectivity index (χ2n) is 3.01. The second kappa shape index (κ2) is 4.36. The number of aromatic nitrogens is 1. The zero-order valence-electron chi connectivity index (χ0n) is 8.06. The molecule has 9 heteroatoms. The summed E-state index contributed by atoms with van der Waals surface area (Å²) >= 11 is 0. The average molecular weight is 250 g/mol. The summed E-state index contributed by atoms with van der Waals surface area (Å²) in [5.74, 6) is -1.50. The molecule has 0 aliphatic rings. The van der Waals surface area contributed by atoms with Crippen molar-refractivity contribution >= 4 is 11.7 Å². The molecule has 1 N–H and O–H groups in total. The van der Waals surface area contributed by atoms with Crippen LogP contribution < -0.4 is 0 Å². The molecule has 0 saturated heterocycles. The Kier molecular flexibility index (Phi) is 3.30. The number of carboxylic acid groups (broad SMARTS) is 1. The number of aliphatic carboxylic acids is 1. The van der Waals surface area contributed by atoms with Gasteiger partial charge in [0.25, 0.3) is 5.69 Å². The Balaban J connectivity index is 3.31. The number of hydrogen-bond donors (Lipinski definition) is 1. The molecule has 1 aromatic heterocycles. The van der Waals surface area contributed by atoms with Crippen molar-refractivity contribution in [3.05, 3.63) is 33.6 Å². The quantitative estimate of drug-likeness (QED) is 0.650. The Labute approximate surface area is 91.9 Å². The van der Waals surface area contributed by atoms with Crippen molar-refractivity contribution in [3.63, 3.8) is 0 Å². The molecular formula is C8H5F3N2O4. The van der Waals surface area contributed by atoms with Crippen LogP contribution in [-0.4, -0.2) is 21.0 Å². The molecule has 0 saturated carbocycles. The van der Waals surface area contributed by atoms with Gasteiger partial charge in [-0.15, -0.1) is 0 Å². The van der Waals surface area contributed by atoms with Gasteiger partial charge in [-0.25, -0.2) is 0 Å². The fourth-order valence-electron chi connectivity index (χ4n) is 1.11. The first kappa shape index (κ1) is 12.9. The van der Waals surface area contributed by atoms with Crippen molar-refractivity contribution in [1.82, 2.24) is 4.98 Å². The number of hydrogen-bond acceptors (Lipinski definition) is 4. The minimum absolute atomic E-state index is 0.269. The number of carboxylic acids is 1. The lowest BCUT2D eigenvalue weighted by Gasteiger charge is -2.09. The Hall–Kier alpha value is -2.19. The van der Waals surface area contributed by atoms with Crippen LogP contribution in [-0.2, 0) is 17.4 Å². The summed E-state index contributed by atoms with van der Waals surface area (Å²) in [6, 6.07) is 0.269. The minimum atomic E-state index is -4.89. The number of halogens is 3. The maximum atomic E-state index is 12.5. The van der Waals surface area contributed by atoms with Crippen LogP contribution in [0.2, 0.25) is 0 Å². The number of pyridine rings is 1. The SMILES string of the molecule is O=C(O)Cc1ncc([N+](=O)[O-])cc1C(F)(F)F. The normalized spacial score (nSPS) is 11.2. The monoisotopic (exact) mass is 250 g/mol. The maximum Gasteiger partial charge on any atom is 0.418 e. The molecule has 0 unspecified atom stereocenters. The van der Waals surface area contributed by atoms with E-state index in [1.54, 1.807) is 0 Å². The summed E-state index contributed by atoms with van der Waals surface area (Å²) < 4.78 is 37.5. The molecule has 0 aromatic carbocycles. The largest absolute Gasteiger partial charge is 0.481 e. The van der Waals surface area contributed by atoms with E-state index < -0.39 is 40.4 Å². The Morgan fingerprint density at radius 1 is 1.53 bits per heavy atom. The lowest BCUT2D eigenvalue weighted by Crippen LogP contribution is -2.14. The molecule has 0 atom stereocenters. The second-order valence-corrected chi connectivity index (χ2v) is 3.01. The predicted octanol–water partition coefficient (Wildman–Crippen LogP) is 1.64. The minimum Gasteiger partial charge on any atom is -0.481 e. The lowest BCUT2D eigenvalue weighted by molar-refractivity contribution is -0.385. The van der Waals surface area contributed by atoms with E-state index in [1.165, 1.54) is 0 Å². The van der Waals surface area contributed by atoms with Gasteiger partial charge in [0.05, 0.1) is 22.6 Å². The van der Waals surface area contributed by atoms with Crippen LogP contribution in [0.4, 0.5) is 18.9 Å². The highest BCUT2D eigenvalue weighted by Crippen LogP contribution is 2.33. The molecule has 0 spiro atoms. The zero-order valence-corrected chi connectivity index (χ0v) is 8.06. The summed E-state index contributed by atoms with van der Waals surface area (Å²) in [7, 11) is 0. The molecule has 0 amide bonds. The van der Waals surface area contributed by atoms with Gasteiger partial charge in [-0.05, 0) is 0 Å². The van der Waals surface area contributed by atoms with Crippen LogP contribution in [0.15, 0.2) is 12.3 Å². The number of rotatable bonds is 3. The number of alkyl halides is 3. The van der Waals surface area contributed by atoms with E-state index in [9.17, 15) is 28.1 Å². The van der Waals surface area contributed by atoms with E-state index in [1.807, 2.05) is 0 Å². The van der Waals surface area contributed by atoms with Crippen LogP contribution in [0.1, 0.15) is 11.3 Å². The van der Waals surface area contributed by atoms with Crippen molar-refractivity contribution in [2.24, 2.45) is 0 Å². The van der Waals surface area contributed by atoms with Gasteiger partial charge in [0.1, 0.15) is 6.20 Å². The van der Waals surface area contributed by atoms with Gasteiger partial charge in [-0.1, -0.05) is 0 Å². The topological polar surface area (TPSA) is 93.3 Å². The van der Waals surface area contributed by atoms with Crippen LogP contribution in [0.25, 0.3) is 0 Å². The molecule has 0 fully saturated rings. The van der Waals surface area contributed by atoms with E-state index in [-0.39, 0.29) is 6.07 Å². The lowest BCUT2D eigenvalue weighted by atomic mass is 10.1. The molecule has 0 radical (unpaired) electrons. The molecular weight excluding hydrogens is 245 g/mol. The first-order valence-corrected chi connectivity index (χ1v) is 4.14. The van der Waals surface area contributed by atoms with E-state index in [0.29, 0.717) is 6.20 Å². The standard InChI is InChI=1S/C8H5F3N2O4/c9-8(10,11)5-1-4(13(16)17)3-12-6(5)2-7(14)15/h1,3H,2H2,(H,14,15). The predicted molar refractivity (Wildman–Crippen MR) is 47.2 cm³/mol. The third-order valence-corrected chi connectivity index (χ3v) is 1.79. The molecule has 0 aliphatic heterocycles. The first-order chi connectivity index (χ1) is 7.71. The molecule has 0 aliphatic carbocycles. The van der Waals surface area contributed by atoms with Gasteiger partial charge < -0.3 is 5.11 Å². The van der Waals surface area contributed by atoms with Crippen molar-refractivity contribution in [1.29, 1.82) is 0 Å². The van der Waals surface area contributed by atoms with Crippen molar-refractivity contribution in [2.75, 3.05) is 0 Å². The molecule has 1 heterocycles. The zero-order chi connectivity index (χ0) is 13.2. The summed E-state index contributed by atoms with van der Waals surface area (Å²) in [6.07, 6.45) is -5.25. The number of carbonyl (C=O) groups is 1. The van der Waals surface area contributed by atoms with Crippen LogP contribution in [0, 0.1) is 10.1 Å². The van der Waals surface area contributed by atoms with E-state index in [0.717, 1.165) is 0 Å². The highest BCUT2D eigenvalue weighted by molar-refractivity contribution is 5.70. The smallest absolute Gasteiger partial charge is 0.418 e. The van der Waals surface area contributed by atoms with Gasteiger partial charge in [0.2, 0.25) is 0 Å². The summed E-state index contributed by atoms with van der Waals surface area (Å²) in [6.45, 7) is 0. The third kappa shape index (κ3) is 3.13. The number of nitrogens with zero attached hydrogens (tertiary/aromatic N) is 2. The van der Waals surface area contributed by atoms with Crippen molar-refractivity contribution in [2.45, 2.75) is 12.6 Å². The van der Waals surface area contributed by atoms with E-state index in [4.69, 9.17) is 5.11 Å². The maximum absolute atomic E-state index is 12.5. The van der Waals surface area contributed by atoms with Crippen LogP contribution in [0.5, 0.6) is 0 Å².